The van der Waals surface area contributed by atoms with E-state index in [1.807, 2.05) is 18.2 Å². The highest BCUT2D eigenvalue weighted by atomic mass is 19.1. The van der Waals surface area contributed by atoms with E-state index < -0.39 is 0 Å². The van der Waals surface area contributed by atoms with E-state index >= 15 is 0 Å². The molecule has 1 aliphatic heterocycles. The van der Waals surface area contributed by atoms with Crippen molar-refractivity contribution < 1.29 is 13.6 Å². The molecule has 5 rings (SSSR count). The van der Waals surface area contributed by atoms with Crippen LogP contribution < -0.4 is 0 Å². The summed E-state index contributed by atoms with van der Waals surface area (Å²) >= 11 is 0. The Morgan fingerprint density at radius 1 is 1.07 bits per heavy atom. The summed E-state index contributed by atoms with van der Waals surface area (Å²) in [4.78, 5) is 18.4. The van der Waals surface area contributed by atoms with Gasteiger partial charge in [0.2, 0.25) is 0 Å². The zero-order chi connectivity index (χ0) is 18.4. The Bertz CT molecular complexity index is 1110. The summed E-state index contributed by atoms with van der Waals surface area (Å²) < 4.78 is 18.8. The molecule has 0 spiro atoms. The summed E-state index contributed by atoms with van der Waals surface area (Å²) in [6.07, 6.45) is 2.25. The van der Waals surface area contributed by atoms with Crippen molar-refractivity contribution in [2.45, 2.75) is 12.5 Å². The number of furan rings is 1. The number of nitrogens with zero attached hydrogens (tertiary/aromatic N) is 1. The highest BCUT2D eigenvalue weighted by molar-refractivity contribution is 5.93. The van der Waals surface area contributed by atoms with Crippen LogP contribution in [0.5, 0.6) is 0 Å². The number of nitrogens with one attached hydrogen (secondary N) is 1. The first-order valence-electron chi connectivity index (χ1n) is 8.92. The van der Waals surface area contributed by atoms with Crippen molar-refractivity contribution in [1.82, 2.24) is 9.88 Å². The van der Waals surface area contributed by atoms with Crippen molar-refractivity contribution in [1.29, 1.82) is 0 Å². The van der Waals surface area contributed by atoms with Crippen molar-refractivity contribution in [3.8, 4) is 0 Å². The third-order valence-corrected chi connectivity index (χ3v) is 5.21. The molecular formula is C22H17FN2O2. The van der Waals surface area contributed by atoms with Gasteiger partial charge in [-0.25, -0.2) is 4.39 Å². The Hall–Kier alpha value is -3.34. The van der Waals surface area contributed by atoms with Crippen molar-refractivity contribution in [3.63, 3.8) is 0 Å². The van der Waals surface area contributed by atoms with Crippen molar-refractivity contribution in [2.24, 2.45) is 0 Å². The normalized spacial score (nSPS) is 16.5. The van der Waals surface area contributed by atoms with Crippen LogP contribution in [0.2, 0.25) is 0 Å². The van der Waals surface area contributed by atoms with E-state index in [0.29, 0.717) is 12.3 Å². The number of benzene rings is 2. The molecule has 0 saturated heterocycles. The van der Waals surface area contributed by atoms with Crippen LogP contribution in [-0.2, 0) is 6.42 Å². The number of carbonyl (C=O) groups is 1. The van der Waals surface area contributed by atoms with Crippen LogP contribution in [0.3, 0.4) is 0 Å². The Balaban J connectivity index is 1.68. The molecule has 1 amide bonds. The molecule has 1 unspecified atom stereocenters. The summed E-state index contributed by atoms with van der Waals surface area (Å²) in [5, 5.41) is 1.17. The average molecular weight is 360 g/mol. The van der Waals surface area contributed by atoms with Crippen molar-refractivity contribution >= 4 is 16.8 Å². The number of aromatic nitrogens is 1. The molecule has 1 N–H and O–H groups in total. The number of fused-ring (bicyclic) bond motifs is 3. The molecule has 0 radical (unpaired) electrons. The molecule has 1 aliphatic rings. The molecule has 2 aromatic heterocycles. The maximum atomic E-state index is 13.5. The number of aromatic amines is 1. The Kier molecular flexibility index (Phi) is 3.60. The van der Waals surface area contributed by atoms with Crippen LogP contribution in [0.25, 0.3) is 10.9 Å². The quantitative estimate of drug-likeness (QED) is 0.564. The minimum atomic E-state index is -0.320. The molecule has 0 aliphatic carbocycles. The second-order valence-corrected chi connectivity index (χ2v) is 6.74. The van der Waals surface area contributed by atoms with Crippen LogP contribution in [-0.4, -0.2) is 22.3 Å². The molecule has 1 atom stereocenters. The maximum absolute atomic E-state index is 13.5. The fraction of sp³-hybridized carbons (Fsp3) is 0.136. The topological polar surface area (TPSA) is 49.2 Å². The summed E-state index contributed by atoms with van der Waals surface area (Å²) in [7, 11) is 0. The number of H-pyrrole nitrogens is 1. The van der Waals surface area contributed by atoms with Gasteiger partial charge in [0.15, 0.2) is 5.76 Å². The summed E-state index contributed by atoms with van der Waals surface area (Å²) in [6.45, 7) is 0.566. The highest BCUT2D eigenvalue weighted by Crippen LogP contribution is 2.39. The smallest absolute Gasteiger partial charge is 0.290 e. The van der Waals surface area contributed by atoms with E-state index in [1.54, 1.807) is 29.2 Å². The number of carbonyl (C=O) groups excluding carboxylic acids is 1. The van der Waals surface area contributed by atoms with Crippen LogP contribution in [0.1, 0.15) is 33.4 Å². The predicted molar refractivity (Wildman–Crippen MR) is 100.0 cm³/mol. The van der Waals surface area contributed by atoms with Gasteiger partial charge < -0.3 is 14.3 Å². The number of para-hydroxylation sites is 1. The fourth-order valence-corrected chi connectivity index (χ4v) is 3.99. The van der Waals surface area contributed by atoms with Crippen molar-refractivity contribution in [3.05, 3.63) is 95.3 Å². The van der Waals surface area contributed by atoms with Gasteiger partial charge in [-0.05, 0) is 47.9 Å². The van der Waals surface area contributed by atoms with Gasteiger partial charge in [-0.1, -0.05) is 30.3 Å². The summed E-state index contributed by atoms with van der Waals surface area (Å²) in [5.74, 6) is -0.157. The summed E-state index contributed by atoms with van der Waals surface area (Å²) in [5.41, 5.74) is 4.10. The van der Waals surface area contributed by atoms with Crippen molar-refractivity contribution in [2.75, 3.05) is 6.54 Å². The molecule has 4 nitrogen and oxygen atoms in total. The lowest BCUT2D eigenvalue weighted by atomic mass is 9.92. The van der Waals surface area contributed by atoms with Gasteiger partial charge in [-0.2, -0.15) is 0 Å². The second-order valence-electron chi connectivity index (χ2n) is 6.74. The van der Waals surface area contributed by atoms with E-state index in [9.17, 15) is 9.18 Å². The molecular weight excluding hydrogens is 343 g/mol. The highest BCUT2D eigenvalue weighted by Gasteiger charge is 2.35. The lowest BCUT2D eigenvalue weighted by Gasteiger charge is -2.35. The first-order chi connectivity index (χ1) is 13.2. The van der Waals surface area contributed by atoms with Gasteiger partial charge >= 0.3 is 0 Å². The first-order valence-corrected chi connectivity index (χ1v) is 8.92. The van der Waals surface area contributed by atoms with Gasteiger partial charge in [0, 0.05) is 23.1 Å². The minimum absolute atomic E-state index is 0.168. The van der Waals surface area contributed by atoms with E-state index in [4.69, 9.17) is 4.42 Å². The van der Waals surface area contributed by atoms with Crippen LogP contribution in [0.15, 0.2) is 71.3 Å². The fourth-order valence-electron chi connectivity index (χ4n) is 3.99. The number of halogens is 1. The third kappa shape index (κ3) is 2.54. The van der Waals surface area contributed by atoms with E-state index in [0.717, 1.165) is 23.2 Å². The van der Waals surface area contributed by atoms with Crippen LogP contribution >= 0.6 is 0 Å². The van der Waals surface area contributed by atoms with Crippen LogP contribution in [0, 0.1) is 5.82 Å². The molecule has 0 fully saturated rings. The van der Waals surface area contributed by atoms with Gasteiger partial charge in [-0.15, -0.1) is 0 Å². The van der Waals surface area contributed by atoms with E-state index in [2.05, 4.69) is 11.1 Å². The monoisotopic (exact) mass is 360 g/mol. The zero-order valence-electron chi connectivity index (χ0n) is 14.5. The number of hydrogen-bond acceptors (Lipinski definition) is 2. The average Bonchev–Trinajstić information content (AvgIpc) is 3.35. The third-order valence-electron chi connectivity index (χ3n) is 5.21. The number of amides is 1. The molecule has 27 heavy (non-hydrogen) atoms. The number of rotatable bonds is 2. The lowest BCUT2D eigenvalue weighted by molar-refractivity contribution is 0.0659. The van der Waals surface area contributed by atoms with Crippen LogP contribution in [0.4, 0.5) is 4.39 Å². The SMILES string of the molecule is O=C(c1ccco1)N1CCc2c([nH]c3ccccc23)C1c1ccc(F)cc1. The molecule has 0 bridgehead atoms. The zero-order valence-corrected chi connectivity index (χ0v) is 14.5. The minimum Gasteiger partial charge on any atom is -0.459 e. The second kappa shape index (κ2) is 6.13. The Morgan fingerprint density at radius 2 is 1.89 bits per heavy atom. The van der Waals surface area contributed by atoms with E-state index in [1.165, 1.54) is 29.3 Å². The molecule has 4 aromatic rings. The maximum Gasteiger partial charge on any atom is 0.290 e. The van der Waals surface area contributed by atoms with Gasteiger partial charge in [0.25, 0.3) is 5.91 Å². The molecule has 134 valence electrons. The molecule has 2 aromatic carbocycles. The molecule has 5 heteroatoms. The largest absolute Gasteiger partial charge is 0.459 e. The molecule has 0 saturated carbocycles. The molecule has 3 heterocycles. The lowest BCUT2D eigenvalue weighted by Crippen LogP contribution is -2.40. The first kappa shape index (κ1) is 15.9. The Labute approximate surface area is 155 Å². The van der Waals surface area contributed by atoms with E-state index in [-0.39, 0.29) is 17.8 Å². The predicted octanol–water partition coefficient (Wildman–Crippen LogP) is 4.69. The standard InChI is InChI=1S/C22H17FN2O2/c23-15-9-7-14(8-10-15)21-20-17(16-4-1-2-5-18(16)24-20)11-12-25(21)22(26)19-6-3-13-27-19/h1-10,13,21,24H,11-12H2. The van der Waals surface area contributed by atoms with Gasteiger partial charge in [0.1, 0.15) is 5.82 Å². The number of hydrogen-bond donors (Lipinski definition) is 1. The summed E-state index contributed by atoms with van der Waals surface area (Å²) in [6, 6.07) is 17.5. The van der Waals surface area contributed by atoms with Gasteiger partial charge in [0.05, 0.1) is 12.3 Å². The van der Waals surface area contributed by atoms with Gasteiger partial charge in [-0.3, -0.25) is 4.79 Å². The Morgan fingerprint density at radius 3 is 2.67 bits per heavy atom.